The summed E-state index contributed by atoms with van der Waals surface area (Å²) in [6, 6.07) is 0. The first kappa shape index (κ1) is 32.8. The van der Waals surface area contributed by atoms with Crippen LogP contribution < -0.4 is 0 Å². The van der Waals surface area contributed by atoms with E-state index in [0.717, 1.165) is 18.3 Å². The van der Waals surface area contributed by atoms with E-state index in [2.05, 4.69) is 12.2 Å². The molecule has 4 heterocycles. The zero-order valence-electron chi connectivity index (χ0n) is 24.7. The molecule has 12 nitrogen and oxygen atoms in total. The van der Waals surface area contributed by atoms with Gasteiger partial charge in [-0.1, -0.05) is 48.6 Å². The molecule has 12 unspecified atom stereocenters. The zero-order valence-corrected chi connectivity index (χ0v) is 24.7. The fraction of sp³-hybridized carbons (Fsp3) is 0.576. The average Bonchev–Trinajstić information content (AvgIpc) is 3.89. The number of aliphatic hydroxyl groups excluding tert-OH is 2. The first-order chi connectivity index (χ1) is 21.6. The summed E-state index contributed by atoms with van der Waals surface area (Å²) < 4.78 is 15.2. The maximum Gasteiger partial charge on any atom is 0.334 e. The lowest BCUT2D eigenvalue weighted by Crippen LogP contribution is -2.34. The van der Waals surface area contributed by atoms with Gasteiger partial charge in [0, 0.05) is 6.61 Å². The van der Waals surface area contributed by atoms with Crippen LogP contribution in [-0.4, -0.2) is 93.6 Å². The molecular formula is C33H40O12. The molecule has 4 aliphatic heterocycles. The van der Waals surface area contributed by atoms with E-state index in [0.29, 0.717) is 24.5 Å². The van der Waals surface area contributed by atoms with Gasteiger partial charge in [0.25, 0.3) is 0 Å². The van der Waals surface area contributed by atoms with Gasteiger partial charge in [-0.15, -0.1) is 0 Å². The minimum Gasteiger partial charge on any atom is -0.481 e. The fourth-order valence-corrected chi connectivity index (χ4v) is 7.55. The van der Waals surface area contributed by atoms with Crippen LogP contribution in [0.25, 0.3) is 0 Å². The predicted octanol–water partition coefficient (Wildman–Crippen LogP) is 1.98. The molecule has 0 aromatic rings. The molecule has 5 N–H and O–H groups in total. The molecule has 0 aromatic heterocycles. The quantitative estimate of drug-likeness (QED) is 0.203. The first-order valence-corrected chi connectivity index (χ1v) is 15.4. The third-order valence-corrected chi connectivity index (χ3v) is 9.73. The molecule has 244 valence electrons. The van der Waals surface area contributed by atoms with E-state index in [9.17, 15) is 19.2 Å². The summed E-state index contributed by atoms with van der Waals surface area (Å²) in [6.45, 7) is 0.0917. The summed E-state index contributed by atoms with van der Waals surface area (Å²) in [4.78, 5) is 43.7. The molecule has 8 aliphatic rings. The van der Waals surface area contributed by atoms with Gasteiger partial charge in [0.15, 0.2) is 0 Å². The average molecular weight is 629 g/mol. The van der Waals surface area contributed by atoms with Crippen LogP contribution >= 0.6 is 0 Å². The van der Waals surface area contributed by atoms with Crippen LogP contribution in [0.2, 0.25) is 0 Å². The maximum absolute atomic E-state index is 11.7. The maximum atomic E-state index is 11.7. The van der Waals surface area contributed by atoms with Crippen LogP contribution in [0.1, 0.15) is 25.7 Å². The van der Waals surface area contributed by atoms with Crippen molar-refractivity contribution in [1.29, 1.82) is 0 Å². The lowest BCUT2D eigenvalue weighted by atomic mass is 9.83. The van der Waals surface area contributed by atoms with Crippen molar-refractivity contribution >= 4 is 23.9 Å². The number of hydrogen-bond acceptors (Lipinski definition) is 9. The van der Waals surface area contributed by atoms with Crippen molar-refractivity contribution < 1.29 is 58.9 Å². The number of carbonyl (C=O) groups is 4. The van der Waals surface area contributed by atoms with Gasteiger partial charge in [-0.05, 0) is 61.3 Å². The number of carbonyl (C=O) groups excluding carboxylic acids is 1. The molecule has 8 rings (SSSR count). The van der Waals surface area contributed by atoms with E-state index in [4.69, 9.17) is 39.7 Å². The number of esters is 1. The summed E-state index contributed by atoms with van der Waals surface area (Å²) in [5, 5.41) is 43.7. The summed E-state index contributed by atoms with van der Waals surface area (Å²) in [5.41, 5.74) is 0.368. The highest BCUT2D eigenvalue weighted by molar-refractivity contribution is 5.89. The number of allylic oxidation sites excluding steroid dienone is 4. The third-order valence-electron chi connectivity index (χ3n) is 9.73. The number of rotatable bonds is 7. The SMILES string of the molecule is O=C(O)C1=CC2C=CC1O2.O=C(O)C1C2C=CC(C2)C1C(=O)OCCO.O=C(O)C1CC2C=CC1O2.OCC1CC2C=CC1C2. The largest absolute Gasteiger partial charge is 0.481 e. The topological polar surface area (TPSA) is 197 Å². The Morgan fingerprint density at radius 2 is 1.49 bits per heavy atom. The normalized spacial score (nSPS) is 39.0. The zero-order chi connectivity index (χ0) is 32.2. The van der Waals surface area contributed by atoms with Crippen molar-refractivity contribution in [2.24, 2.45) is 47.3 Å². The number of aliphatic hydroxyl groups is 2. The molecule has 4 aliphatic carbocycles. The summed E-state index contributed by atoms with van der Waals surface area (Å²) >= 11 is 0. The molecule has 2 saturated carbocycles. The lowest BCUT2D eigenvalue weighted by molar-refractivity contribution is -0.159. The number of ether oxygens (including phenoxy) is 3. The molecule has 0 radical (unpaired) electrons. The molecule has 1 saturated heterocycles. The van der Waals surface area contributed by atoms with Crippen molar-refractivity contribution in [3.05, 3.63) is 60.3 Å². The van der Waals surface area contributed by atoms with Gasteiger partial charge >= 0.3 is 23.9 Å². The number of fused-ring (bicyclic) bond motifs is 8. The predicted molar refractivity (Wildman–Crippen MR) is 156 cm³/mol. The molecule has 3 fully saturated rings. The van der Waals surface area contributed by atoms with Crippen molar-refractivity contribution in [2.75, 3.05) is 19.8 Å². The van der Waals surface area contributed by atoms with E-state index in [1.165, 1.54) is 12.8 Å². The van der Waals surface area contributed by atoms with Gasteiger partial charge in [0.2, 0.25) is 0 Å². The molecule has 45 heavy (non-hydrogen) atoms. The van der Waals surface area contributed by atoms with Crippen LogP contribution in [0.3, 0.4) is 0 Å². The Balaban J connectivity index is 0.000000122. The summed E-state index contributed by atoms with van der Waals surface area (Å²) in [6.07, 6.45) is 20.8. The standard InChI is InChI=1S/C11H14O5.C8H12O.C7H8O3.C7H6O3/c12-3-4-16-11(15)9-7-2-1-6(5-7)8(9)10(13)14;9-5-8-4-6-1-2-7(8)3-6;2*8-7(9)5-3-4-1-2-6(5)10-4/h1-2,6-9,12H,3-5H2,(H,13,14);1-2,6-9H,3-5H2;1-2,4-6H,3H2,(H,8,9);1-4,6H,(H,8,9). The number of carboxylic acids is 3. The Kier molecular flexibility index (Phi) is 10.4. The van der Waals surface area contributed by atoms with Gasteiger partial charge in [-0.2, -0.15) is 0 Å². The summed E-state index contributed by atoms with van der Waals surface area (Å²) in [5.74, 6) is -2.54. The minimum atomic E-state index is -0.942. The Hall–Kier alpha value is -3.58. The second kappa shape index (κ2) is 14.2. The summed E-state index contributed by atoms with van der Waals surface area (Å²) in [7, 11) is 0. The molecule has 0 spiro atoms. The van der Waals surface area contributed by atoms with Crippen LogP contribution in [0.15, 0.2) is 60.3 Å². The Labute approximate surface area is 260 Å². The van der Waals surface area contributed by atoms with Gasteiger partial charge in [0.05, 0.1) is 48.2 Å². The second-order valence-electron chi connectivity index (χ2n) is 12.5. The number of carboxylic acid groups (broad SMARTS) is 3. The molecule has 0 amide bonds. The third kappa shape index (κ3) is 7.30. The molecule has 8 bridgehead atoms. The van der Waals surface area contributed by atoms with E-state index in [1.807, 2.05) is 30.4 Å². The highest BCUT2D eigenvalue weighted by Crippen LogP contribution is 2.48. The Bertz CT molecular complexity index is 1290. The van der Waals surface area contributed by atoms with Crippen molar-refractivity contribution in [3.8, 4) is 0 Å². The van der Waals surface area contributed by atoms with Gasteiger partial charge in [-0.25, -0.2) is 4.79 Å². The van der Waals surface area contributed by atoms with Crippen LogP contribution in [0.5, 0.6) is 0 Å². The van der Waals surface area contributed by atoms with Crippen LogP contribution in [0.4, 0.5) is 0 Å². The van der Waals surface area contributed by atoms with Gasteiger partial charge in [-0.3, -0.25) is 14.4 Å². The Morgan fingerprint density at radius 1 is 0.756 bits per heavy atom. The van der Waals surface area contributed by atoms with Crippen molar-refractivity contribution in [1.82, 2.24) is 0 Å². The van der Waals surface area contributed by atoms with E-state index < -0.39 is 35.7 Å². The lowest BCUT2D eigenvalue weighted by Gasteiger charge is -2.22. The molecular weight excluding hydrogens is 588 g/mol. The monoisotopic (exact) mass is 628 g/mol. The minimum absolute atomic E-state index is 0.0164. The van der Waals surface area contributed by atoms with Crippen LogP contribution in [-0.2, 0) is 33.4 Å². The van der Waals surface area contributed by atoms with Crippen LogP contribution in [0, 0.1) is 47.3 Å². The highest BCUT2D eigenvalue weighted by atomic mass is 16.5. The second-order valence-corrected chi connectivity index (χ2v) is 12.5. The van der Waals surface area contributed by atoms with E-state index in [1.54, 1.807) is 12.2 Å². The van der Waals surface area contributed by atoms with E-state index in [-0.39, 0.29) is 55.4 Å². The van der Waals surface area contributed by atoms with Gasteiger partial charge < -0.3 is 39.7 Å². The molecule has 12 atom stereocenters. The Morgan fingerprint density at radius 3 is 1.89 bits per heavy atom. The van der Waals surface area contributed by atoms with Gasteiger partial charge in [0.1, 0.15) is 12.7 Å². The first-order valence-electron chi connectivity index (χ1n) is 15.4. The highest BCUT2D eigenvalue weighted by Gasteiger charge is 2.52. The van der Waals surface area contributed by atoms with Crippen molar-refractivity contribution in [3.63, 3.8) is 0 Å². The number of aliphatic carboxylic acids is 3. The fourth-order valence-electron chi connectivity index (χ4n) is 7.55. The number of hydrogen-bond donors (Lipinski definition) is 5. The molecule has 0 aromatic carbocycles. The van der Waals surface area contributed by atoms with Crippen molar-refractivity contribution in [2.45, 2.75) is 50.1 Å². The smallest absolute Gasteiger partial charge is 0.334 e. The molecule has 12 heteroatoms. The van der Waals surface area contributed by atoms with E-state index >= 15 is 0 Å².